The number of nitrogens with one attached hydrogen (secondary N) is 2. The van der Waals surface area contributed by atoms with Gasteiger partial charge in [-0.05, 0) is 37.8 Å². The number of aromatic nitrogens is 4. The van der Waals surface area contributed by atoms with Crippen LogP contribution in [0.3, 0.4) is 0 Å². The maximum atomic E-state index is 13.8. The maximum absolute atomic E-state index is 13.8. The monoisotopic (exact) mass is 561 g/mol. The highest BCUT2D eigenvalue weighted by molar-refractivity contribution is 5.95. The molecule has 3 aromatic rings. The van der Waals surface area contributed by atoms with E-state index in [4.69, 9.17) is 9.47 Å². The van der Waals surface area contributed by atoms with Crippen LogP contribution in [-0.2, 0) is 19.1 Å². The third-order valence-electron chi connectivity index (χ3n) is 7.85. The summed E-state index contributed by atoms with van der Waals surface area (Å²) in [6, 6.07) is 8.09. The lowest BCUT2D eigenvalue weighted by Gasteiger charge is -2.27. The van der Waals surface area contributed by atoms with Gasteiger partial charge in [0.15, 0.2) is 23.3 Å². The zero-order valence-electron chi connectivity index (χ0n) is 22.4. The van der Waals surface area contributed by atoms with E-state index in [1.807, 2.05) is 54.0 Å². The summed E-state index contributed by atoms with van der Waals surface area (Å²) in [4.78, 5) is 52.4. The van der Waals surface area contributed by atoms with Gasteiger partial charge in [-0.25, -0.2) is 24.5 Å². The Morgan fingerprint density at radius 2 is 1.93 bits per heavy atom. The van der Waals surface area contributed by atoms with E-state index in [-0.39, 0.29) is 17.8 Å². The quantitative estimate of drug-likeness (QED) is 0.393. The van der Waals surface area contributed by atoms with Crippen molar-refractivity contribution < 1.29 is 29.0 Å². The van der Waals surface area contributed by atoms with Crippen molar-refractivity contribution >= 4 is 41.0 Å². The fourth-order valence-electron chi connectivity index (χ4n) is 6.01. The molecule has 4 unspecified atom stereocenters. The average molecular weight is 562 g/mol. The first-order valence-electron chi connectivity index (χ1n) is 13.7. The second-order valence-electron chi connectivity index (χ2n) is 10.3. The fraction of sp³-hybridized carbons (Fsp3) is 0.429. The first kappa shape index (κ1) is 26.8. The van der Waals surface area contributed by atoms with Gasteiger partial charge in [-0.2, -0.15) is 0 Å². The molecule has 3 fully saturated rings. The van der Waals surface area contributed by atoms with Gasteiger partial charge in [0.2, 0.25) is 5.91 Å². The Hall–Kier alpha value is -4.36. The van der Waals surface area contributed by atoms with Gasteiger partial charge in [-0.15, -0.1) is 0 Å². The summed E-state index contributed by atoms with van der Waals surface area (Å²) in [6.45, 7) is 2.65. The molecular weight excluding hydrogens is 530 g/mol. The number of carboxylic acid groups (broad SMARTS) is 1. The van der Waals surface area contributed by atoms with E-state index in [1.165, 1.54) is 11.2 Å². The third kappa shape index (κ3) is 5.13. The van der Waals surface area contributed by atoms with Gasteiger partial charge in [0, 0.05) is 13.1 Å². The third-order valence-corrected chi connectivity index (χ3v) is 7.85. The summed E-state index contributed by atoms with van der Waals surface area (Å²) in [5.74, 6) is -1.61. The van der Waals surface area contributed by atoms with Gasteiger partial charge in [0.1, 0.15) is 24.6 Å². The molecular formula is C28H31N7O6. The molecule has 13 nitrogen and oxygen atoms in total. The molecule has 1 aromatic carbocycles. The SMILES string of the molecule is CCNC(=O)Nc1ncnc2c1ncn2C1CC(C(=O)N2CCC[C@H]2C(=O)O)C2O[C@H](/C=C/c3ccccc3)OC21. The van der Waals surface area contributed by atoms with E-state index >= 15 is 0 Å². The number of amides is 3. The Morgan fingerprint density at radius 3 is 2.71 bits per heavy atom. The first-order valence-corrected chi connectivity index (χ1v) is 13.7. The Labute approximate surface area is 235 Å². The van der Waals surface area contributed by atoms with Crippen LogP contribution in [0, 0.1) is 5.92 Å². The summed E-state index contributed by atoms with van der Waals surface area (Å²) in [6.07, 6.45) is 6.25. The number of carboxylic acids is 1. The molecule has 3 aliphatic rings. The number of aliphatic carboxylic acids is 1. The van der Waals surface area contributed by atoms with Crippen LogP contribution < -0.4 is 10.6 Å². The minimum atomic E-state index is -1.00. The Morgan fingerprint density at radius 1 is 1.12 bits per heavy atom. The number of urea groups is 1. The molecule has 41 heavy (non-hydrogen) atoms. The van der Waals surface area contributed by atoms with E-state index in [0.29, 0.717) is 43.5 Å². The first-order chi connectivity index (χ1) is 19.9. The van der Waals surface area contributed by atoms with Gasteiger partial charge in [0.05, 0.1) is 18.3 Å². The van der Waals surface area contributed by atoms with Crippen LogP contribution in [0.4, 0.5) is 10.6 Å². The molecule has 2 saturated heterocycles. The van der Waals surface area contributed by atoms with Crippen molar-refractivity contribution in [2.24, 2.45) is 5.92 Å². The van der Waals surface area contributed by atoms with Crippen molar-refractivity contribution in [1.82, 2.24) is 29.7 Å². The van der Waals surface area contributed by atoms with Crippen LogP contribution in [0.25, 0.3) is 17.2 Å². The van der Waals surface area contributed by atoms with Crippen molar-refractivity contribution in [1.29, 1.82) is 0 Å². The molecule has 4 heterocycles. The Bertz CT molecular complexity index is 1480. The lowest BCUT2D eigenvalue weighted by atomic mass is 10.0. The van der Waals surface area contributed by atoms with Crippen LogP contribution >= 0.6 is 0 Å². The van der Waals surface area contributed by atoms with Crippen molar-refractivity contribution in [2.45, 2.75) is 56.8 Å². The molecule has 0 spiro atoms. The van der Waals surface area contributed by atoms with Crippen molar-refractivity contribution in [3.05, 3.63) is 54.6 Å². The number of nitrogens with zero attached hydrogens (tertiary/aromatic N) is 5. The summed E-state index contributed by atoms with van der Waals surface area (Å²) >= 11 is 0. The van der Waals surface area contributed by atoms with Crippen molar-refractivity contribution in [2.75, 3.05) is 18.4 Å². The maximum Gasteiger partial charge on any atom is 0.326 e. The molecule has 1 saturated carbocycles. The molecule has 13 heteroatoms. The number of ether oxygens (including phenoxy) is 2. The van der Waals surface area contributed by atoms with E-state index in [9.17, 15) is 19.5 Å². The number of hydrogen-bond donors (Lipinski definition) is 3. The van der Waals surface area contributed by atoms with Crippen molar-refractivity contribution in [3.8, 4) is 0 Å². The zero-order valence-corrected chi connectivity index (χ0v) is 22.4. The Kier molecular flexibility index (Phi) is 7.37. The van der Waals surface area contributed by atoms with Gasteiger partial charge in [-0.1, -0.05) is 36.4 Å². The molecule has 214 valence electrons. The van der Waals surface area contributed by atoms with E-state index in [1.54, 1.807) is 6.33 Å². The van der Waals surface area contributed by atoms with Gasteiger partial charge < -0.3 is 29.4 Å². The number of likely N-dealkylation sites (tertiary alicyclic amines) is 1. The Balaban J connectivity index is 1.31. The average Bonchev–Trinajstić information content (AvgIpc) is 3.76. The smallest absolute Gasteiger partial charge is 0.326 e. The molecule has 2 aliphatic heterocycles. The van der Waals surface area contributed by atoms with Gasteiger partial charge in [0.25, 0.3) is 0 Å². The van der Waals surface area contributed by atoms with Crippen molar-refractivity contribution in [3.63, 3.8) is 0 Å². The predicted molar refractivity (Wildman–Crippen MR) is 147 cm³/mol. The minimum Gasteiger partial charge on any atom is -0.480 e. The van der Waals surface area contributed by atoms with E-state index < -0.39 is 42.5 Å². The lowest BCUT2D eigenvalue weighted by molar-refractivity contribution is -0.152. The molecule has 0 radical (unpaired) electrons. The molecule has 0 bridgehead atoms. The summed E-state index contributed by atoms with van der Waals surface area (Å²) in [5, 5.41) is 15.1. The predicted octanol–water partition coefficient (Wildman–Crippen LogP) is 2.43. The highest BCUT2D eigenvalue weighted by Gasteiger charge is 2.56. The molecule has 3 amide bonds. The van der Waals surface area contributed by atoms with Crippen LogP contribution in [-0.4, -0.2) is 85.1 Å². The van der Waals surface area contributed by atoms with Crippen LogP contribution in [0.5, 0.6) is 0 Å². The number of imidazole rings is 1. The number of fused-ring (bicyclic) bond motifs is 2. The highest BCUT2D eigenvalue weighted by Crippen LogP contribution is 2.46. The van der Waals surface area contributed by atoms with E-state index in [0.717, 1.165) is 5.56 Å². The van der Waals surface area contributed by atoms with Crippen LogP contribution in [0.15, 0.2) is 49.1 Å². The van der Waals surface area contributed by atoms with Gasteiger partial charge in [-0.3, -0.25) is 10.1 Å². The number of carbonyl (C=O) groups is 3. The van der Waals surface area contributed by atoms with Crippen LogP contribution in [0.2, 0.25) is 0 Å². The fourth-order valence-corrected chi connectivity index (χ4v) is 6.01. The highest BCUT2D eigenvalue weighted by atomic mass is 16.7. The molecule has 2 aromatic heterocycles. The summed E-state index contributed by atoms with van der Waals surface area (Å²) < 4.78 is 14.5. The molecule has 3 N–H and O–H groups in total. The number of benzene rings is 1. The number of rotatable bonds is 7. The molecule has 1 aliphatic carbocycles. The largest absolute Gasteiger partial charge is 0.480 e. The minimum absolute atomic E-state index is 0.249. The second kappa shape index (κ2) is 11.3. The number of anilines is 1. The zero-order chi connectivity index (χ0) is 28.5. The van der Waals surface area contributed by atoms with Gasteiger partial charge >= 0.3 is 12.0 Å². The topological polar surface area (TPSA) is 161 Å². The second-order valence-corrected chi connectivity index (χ2v) is 10.3. The molecule has 6 atom stereocenters. The lowest BCUT2D eigenvalue weighted by Crippen LogP contribution is -2.46. The number of carbonyl (C=O) groups excluding carboxylic acids is 2. The number of hydrogen-bond acceptors (Lipinski definition) is 8. The normalized spacial score (nSPS) is 27.4. The standard InChI is InChI=1S/C28H31N7O6/c1-2-29-28(39)33-24-21-25(31-14-30-24)35(15-32-21)19-13-17(26(36)34-12-6-9-18(34)27(37)38)22-23(19)41-20(40-22)11-10-16-7-4-3-5-8-16/h3-5,7-8,10-11,14-15,17-20,22-23H,2,6,9,12-13H2,1H3,(H,37,38)(H2,29,30,31,33,39)/b11-10+/t17?,18-,19?,20-,22?,23?/m0/s1. The summed E-state index contributed by atoms with van der Waals surface area (Å²) in [5.41, 5.74) is 1.85. The molecule has 6 rings (SSSR count). The summed E-state index contributed by atoms with van der Waals surface area (Å²) in [7, 11) is 0. The van der Waals surface area contributed by atoms with Crippen LogP contribution in [0.1, 0.15) is 37.8 Å². The van der Waals surface area contributed by atoms with E-state index in [2.05, 4.69) is 25.6 Å².